The summed E-state index contributed by atoms with van der Waals surface area (Å²) in [6, 6.07) is 0. The van der Waals surface area contributed by atoms with Gasteiger partial charge in [0.2, 0.25) is 0 Å². The Bertz CT molecular complexity index is 199. The normalized spacial score (nSPS) is 10.1. The van der Waals surface area contributed by atoms with Crippen molar-refractivity contribution in [2.75, 3.05) is 19.8 Å². The summed E-state index contributed by atoms with van der Waals surface area (Å²) in [6.45, 7) is 9.37. The molecule has 0 N–H and O–H groups in total. The molecule has 0 spiro atoms. The van der Waals surface area contributed by atoms with E-state index in [1.165, 1.54) is 12.8 Å². The van der Waals surface area contributed by atoms with Gasteiger partial charge in [-0.3, -0.25) is 0 Å². The Balaban J connectivity index is 3.10. The second-order valence-electron chi connectivity index (χ2n) is 3.88. The summed E-state index contributed by atoms with van der Waals surface area (Å²) in [6.07, 6.45) is 5.54. The minimum Gasteiger partial charge on any atom is -0.462 e. The van der Waals surface area contributed by atoms with Crippen LogP contribution in [0, 0.1) is 0 Å². The number of ether oxygens (including phenoxy) is 2. The summed E-state index contributed by atoms with van der Waals surface area (Å²) in [5, 5.41) is 0. The fraction of sp³-hybridized carbons (Fsp3) is 0.769. The first kappa shape index (κ1) is 15.2. The summed E-state index contributed by atoms with van der Waals surface area (Å²) in [5.41, 5.74) is 0.469. The third-order valence-corrected chi connectivity index (χ3v) is 2.22. The summed E-state index contributed by atoms with van der Waals surface area (Å²) in [5.74, 6) is -0.281. The van der Waals surface area contributed by atoms with Crippen LogP contribution in [0.15, 0.2) is 12.2 Å². The number of hydrogen-bond acceptors (Lipinski definition) is 3. The van der Waals surface area contributed by atoms with Gasteiger partial charge in [0.05, 0.1) is 6.61 Å². The molecule has 0 atom stereocenters. The van der Waals surface area contributed by atoms with Gasteiger partial charge in [-0.1, -0.05) is 25.8 Å². The van der Waals surface area contributed by atoms with Crippen molar-refractivity contribution in [3.05, 3.63) is 12.2 Å². The summed E-state index contributed by atoms with van der Waals surface area (Å²) in [4.78, 5) is 11.0. The second kappa shape index (κ2) is 10.7. The van der Waals surface area contributed by atoms with Crippen LogP contribution in [-0.2, 0) is 14.3 Å². The van der Waals surface area contributed by atoms with E-state index in [0.29, 0.717) is 12.2 Å². The maximum atomic E-state index is 11.0. The van der Waals surface area contributed by atoms with Crippen LogP contribution in [0.4, 0.5) is 0 Å². The molecule has 3 nitrogen and oxygen atoms in total. The predicted octanol–water partition coefficient (Wildman–Crippen LogP) is 3.09. The molecule has 0 amide bonds. The van der Waals surface area contributed by atoms with Crippen LogP contribution in [0.3, 0.4) is 0 Å². The van der Waals surface area contributed by atoms with Gasteiger partial charge in [0.1, 0.15) is 0 Å². The molecule has 0 aliphatic rings. The SMILES string of the molecule is C=C(C)C(=O)OCCCCCCCOCC. The molecular formula is C13H24O3. The lowest BCUT2D eigenvalue weighted by molar-refractivity contribution is -0.139. The quantitative estimate of drug-likeness (QED) is 0.327. The average Bonchev–Trinajstić information content (AvgIpc) is 2.26. The van der Waals surface area contributed by atoms with Crippen molar-refractivity contribution < 1.29 is 14.3 Å². The fourth-order valence-corrected chi connectivity index (χ4v) is 1.27. The molecule has 0 aromatic carbocycles. The van der Waals surface area contributed by atoms with Gasteiger partial charge < -0.3 is 9.47 Å². The Morgan fingerprint density at radius 3 is 2.19 bits per heavy atom. The third-order valence-electron chi connectivity index (χ3n) is 2.22. The molecule has 94 valence electrons. The van der Waals surface area contributed by atoms with Gasteiger partial charge in [-0.05, 0) is 26.7 Å². The molecule has 0 aromatic heterocycles. The molecule has 0 bridgehead atoms. The number of carbonyl (C=O) groups is 1. The first-order chi connectivity index (χ1) is 7.68. The van der Waals surface area contributed by atoms with E-state index in [2.05, 4.69) is 6.58 Å². The Morgan fingerprint density at radius 1 is 1.06 bits per heavy atom. The van der Waals surface area contributed by atoms with E-state index < -0.39 is 0 Å². The second-order valence-corrected chi connectivity index (χ2v) is 3.88. The van der Waals surface area contributed by atoms with Crippen LogP contribution in [0.2, 0.25) is 0 Å². The number of hydrogen-bond donors (Lipinski definition) is 0. The van der Waals surface area contributed by atoms with Crippen LogP contribution in [0.25, 0.3) is 0 Å². The molecule has 0 radical (unpaired) electrons. The largest absolute Gasteiger partial charge is 0.462 e. The molecule has 0 unspecified atom stereocenters. The van der Waals surface area contributed by atoms with Gasteiger partial charge in [-0.25, -0.2) is 4.79 Å². The van der Waals surface area contributed by atoms with Gasteiger partial charge >= 0.3 is 5.97 Å². The van der Waals surface area contributed by atoms with E-state index in [1.807, 2.05) is 6.92 Å². The van der Waals surface area contributed by atoms with Crippen molar-refractivity contribution >= 4 is 5.97 Å². The lowest BCUT2D eigenvalue weighted by Crippen LogP contribution is -2.06. The van der Waals surface area contributed by atoms with Crippen molar-refractivity contribution in [1.29, 1.82) is 0 Å². The third kappa shape index (κ3) is 9.71. The molecule has 0 aromatic rings. The first-order valence-corrected chi connectivity index (χ1v) is 6.08. The van der Waals surface area contributed by atoms with E-state index in [0.717, 1.165) is 32.5 Å². The van der Waals surface area contributed by atoms with Crippen molar-refractivity contribution in [1.82, 2.24) is 0 Å². The lowest BCUT2D eigenvalue weighted by Gasteiger charge is -2.04. The maximum Gasteiger partial charge on any atom is 0.333 e. The van der Waals surface area contributed by atoms with Gasteiger partial charge in [0.25, 0.3) is 0 Å². The molecular weight excluding hydrogens is 204 g/mol. The molecule has 0 rings (SSSR count). The molecule has 16 heavy (non-hydrogen) atoms. The zero-order valence-corrected chi connectivity index (χ0v) is 10.6. The fourth-order valence-electron chi connectivity index (χ4n) is 1.27. The van der Waals surface area contributed by atoms with Crippen LogP contribution in [0.1, 0.15) is 46.0 Å². The van der Waals surface area contributed by atoms with Gasteiger partial charge in [-0.15, -0.1) is 0 Å². The molecule has 0 heterocycles. The average molecular weight is 228 g/mol. The summed E-state index contributed by atoms with van der Waals surface area (Å²) in [7, 11) is 0. The molecule has 3 heteroatoms. The smallest absolute Gasteiger partial charge is 0.333 e. The standard InChI is InChI=1S/C13H24O3/c1-4-15-10-8-6-5-7-9-11-16-13(14)12(2)3/h2,4-11H2,1,3H3. The summed E-state index contributed by atoms with van der Waals surface area (Å²) >= 11 is 0. The number of esters is 1. The first-order valence-electron chi connectivity index (χ1n) is 6.08. The van der Waals surface area contributed by atoms with Crippen LogP contribution in [0.5, 0.6) is 0 Å². The van der Waals surface area contributed by atoms with Gasteiger partial charge in [0.15, 0.2) is 0 Å². The van der Waals surface area contributed by atoms with E-state index >= 15 is 0 Å². The Morgan fingerprint density at radius 2 is 1.62 bits per heavy atom. The monoisotopic (exact) mass is 228 g/mol. The Kier molecular flexibility index (Phi) is 10.1. The highest BCUT2D eigenvalue weighted by Crippen LogP contribution is 2.04. The molecule has 0 aliphatic heterocycles. The number of carbonyl (C=O) groups excluding carboxylic acids is 1. The van der Waals surface area contributed by atoms with Crippen molar-refractivity contribution in [2.45, 2.75) is 46.0 Å². The molecule has 0 saturated carbocycles. The van der Waals surface area contributed by atoms with Crippen LogP contribution in [-0.4, -0.2) is 25.8 Å². The van der Waals surface area contributed by atoms with Crippen molar-refractivity contribution in [3.63, 3.8) is 0 Å². The van der Waals surface area contributed by atoms with E-state index in [9.17, 15) is 4.79 Å². The lowest BCUT2D eigenvalue weighted by atomic mass is 10.1. The Labute approximate surface area is 98.8 Å². The van der Waals surface area contributed by atoms with Crippen LogP contribution < -0.4 is 0 Å². The van der Waals surface area contributed by atoms with Crippen LogP contribution >= 0.6 is 0 Å². The van der Waals surface area contributed by atoms with Gasteiger partial charge in [0, 0.05) is 18.8 Å². The van der Waals surface area contributed by atoms with E-state index in [1.54, 1.807) is 6.92 Å². The highest BCUT2D eigenvalue weighted by atomic mass is 16.5. The van der Waals surface area contributed by atoms with E-state index in [-0.39, 0.29) is 5.97 Å². The van der Waals surface area contributed by atoms with Crippen molar-refractivity contribution in [3.8, 4) is 0 Å². The highest BCUT2D eigenvalue weighted by molar-refractivity contribution is 5.86. The predicted molar refractivity (Wildman–Crippen MR) is 65.4 cm³/mol. The molecule has 0 saturated heterocycles. The zero-order chi connectivity index (χ0) is 12.2. The molecule has 0 fully saturated rings. The number of unbranched alkanes of at least 4 members (excludes halogenated alkanes) is 4. The number of rotatable bonds is 10. The minimum atomic E-state index is -0.281. The topological polar surface area (TPSA) is 35.5 Å². The maximum absolute atomic E-state index is 11.0. The van der Waals surface area contributed by atoms with E-state index in [4.69, 9.17) is 9.47 Å². The highest BCUT2D eigenvalue weighted by Gasteiger charge is 2.01. The van der Waals surface area contributed by atoms with Crippen molar-refractivity contribution in [2.24, 2.45) is 0 Å². The minimum absolute atomic E-state index is 0.281. The Hall–Kier alpha value is -0.830. The van der Waals surface area contributed by atoms with Gasteiger partial charge in [-0.2, -0.15) is 0 Å². The molecule has 0 aliphatic carbocycles. The zero-order valence-electron chi connectivity index (χ0n) is 10.6. The summed E-state index contributed by atoms with van der Waals surface area (Å²) < 4.78 is 10.2.